The first-order valence-electron chi connectivity index (χ1n) is 8.81. The van der Waals surface area contributed by atoms with Gasteiger partial charge in [-0.1, -0.05) is 50.8 Å². The molecule has 23 heavy (non-hydrogen) atoms. The van der Waals surface area contributed by atoms with Gasteiger partial charge in [-0.15, -0.1) is 0 Å². The van der Waals surface area contributed by atoms with Gasteiger partial charge in [0.05, 0.1) is 0 Å². The number of allylic oxidation sites excluding steroid dienone is 2. The Kier molecular flexibility index (Phi) is 6.20. The molecule has 2 nitrogen and oxygen atoms in total. The molecule has 0 bridgehead atoms. The molecule has 0 N–H and O–H groups in total. The van der Waals surface area contributed by atoms with Crippen molar-refractivity contribution in [3.63, 3.8) is 0 Å². The first-order chi connectivity index (χ1) is 11.1. The molecule has 0 aliphatic rings. The van der Waals surface area contributed by atoms with E-state index in [1.807, 2.05) is 6.08 Å². The molecule has 0 saturated heterocycles. The fourth-order valence-corrected chi connectivity index (χ4v) is 3.31. The van der Waals surface area contributed by atoms with E-state index in [2.05, 4.69) is 56.7 Å². The lowest BCUT2D eigenvalue weighted by atomic mass is 10.0. The Balaban J connectivity index is 2.12. The fraction of sp³-hybridized carbons (Fsp3) is 0.476. The number of fused-ring (bicyclic) bond motifs is 1. The van der Waals surface area contributed by atoms with Gasteiger partial charge in [-0.2, -0.15) is 0 Å². The van der Waals surface area contributed by atoms with Crippen LogP contribution in [0.3, 0.4) is 0 Å². The molecule has 2 aromatic rings. The number of ketones is 1. The van der Waals surface area contributed by atoms with Gasteiger partial charge in [-0.3, -0.25) is 4.79 Å². The number of carbonyl (C=O) groups excluding carboxylic acids is 1. The Hall–Kier alpha value is -1.83. The van der Waals surface area contributed by atoms with Crippen LogP contribution in [0.5, 0.6) is 0 Å². The fourth-order valence-electron chi connectivity index (χ4n) is 3.31. The number of para-hydroxylation sites is 1. The van der Waals surface area contributed by atoms with E-state index in [0.717, 1.165) is 12.0 Å². The number of aryl methyl sites for hydroxylation is 1. The van der Waals surface area contributed by atoms with Crippen LogP contribution in [-0.2, 0) is 11.8 Å². The van der Waals surface area contributed by atoms with Crippen molar-refractivity contribution in [1.82, 2.24) is 4.57 Å². The Morgan fingerprint density at radius 2 is 1.83 bits per heavy atom. The van der Waals surface area contributed by atoms with E-state index < -0.39 is 0 Å². The van der Waals surface area contributed by atoms with Gasteiger partial charge in [-0.05, 0) is 38.0 Å². The highest BCUT2D eigenvalue weighted by molar-refractivity contribution is 6.02. The summed E-state index contributed by atoms with van der Waals surface area (Å²) in [6.45, 7) is 6.40. The van der Waals surface area contributed by atoms with Gasteiger partial charge in [0, 0.05) is 35.6 Å². The number of aromatic nitrogens is 1. The van der Waals surface area contributed by atoms with E-state index in [1.54, 1.807) is 0 Å². The molecule has 124 valence electrons. The summed E-state index contributed by atoms with van der Waals surface area (Å²) in [6, 6.07) is 8.40. The Labute approximate surface area is 140 Å². The van der Waals surface area contributed by atoms with Gasteiger partial charge >= 0.3 is 0 Å². The van der Waals surface area contributed by atoms with Gasteiger partial charge in [0.2, 0.25) is 0 Å². The Morgan fingerprint density at radius 3 is 2.57 bits per heavy atom. The summed E-state index contributed by atoms with van der Waals surface area (Å²) in [5, 5.41) is 1.23. The molecule has 2 heteroatoms. The molecule has 1 aromatic carbocycles. The maximum atomic E-state index is 12.2. The zero-order valence-electron chi connectivity index (χ0n) is 15.0. The summed E-state index contributed by atoms with van der Waals surface area (Å²) < 4.78 is 2.21. The molecule has 0 saturated carbocycles. The summed E-state index contributed by atoms with van der Waals surface area (Å²) in [5.74, 6) is 0.256. The largest absolute Gasteiger partial charge is 0.347 e. The lowest BCUT2D eigenvalue weighted by molar-refractivity contribution is -0.114. The van der Waals surface area contributed by atoms with Gasteiger partial charge < -0.3 is 4.57 Å². The first kappa shape index (κ1) is 17.5. The highest BCUT2D eigenvalue weighted by Crippen LogP contribution is 2.30. The third-order valence-corrected chi connectivity index (χ3v) is 4.70. The summed E-state index contributed by atoms with van der Waals surface area (Å²) in [4.78, 5) is 12.2. The van der Waals surface area contributed by atoms with E-state index >= 15 is 0 Å². The molecule has 0 atom stereocenters. The van der Waals surface area contributed by atoms with Crippen LogP contribution in [0.25, 0.3) is 16.5 Å². The SMILES string of the molecule is CCCCCCCC(=O)/C=C(\C)c1c(C)n(C)c2ccccc12. The van der Waals surface area contributed by atoms with Crippen molar-refractivity contribution in [1.29, 1.82) is 0 Å². The molecule has 0 unspecified atom stereocenters. The van der Waals surface area contributed by atoms with Crippen molar-refractivity contribution in [3.8, 4) is 0 Å². The summed E-state index contributed by atoms with van der Waals surface area (Å²) in [6.07, 6.45) is 8.46. The number of rotatable bonds is 8. The molecular weight excluding hydrogens is 282 g/mol. The van der Waals surface area contributed by atoms with Crippen molar-refractivity contribution >= 4 is 22.3 Å². The van der Waals surface area contributed by atoms with E-state index in [9.17, 15) is 4.79 Å². The third kappa shape index (κ3) is 4.13. The summed E-state index contributed by atoms with van der Waals surface area (Å²) >= 11 is 0. The van der Waals surface area contributed by atoms with Crippen LogP contribution < -0.4 is 0 Å². The summed E-state index contributed by atoms with van der Waals surface area (Å²) in [5.41, 5.74) is 4.73. The molecule has 0 radical (unpaired) electrons. The maximum Gasteiger partial charge on any atom is 0.155 e. The number of hydrogen-bond donors (Lipinski definition) is 0. The van der Waals surface area contributed by atoms with Gasteiger partial charge in [0.1, 0.15) is 0 Å². The van der Waals surface area contributed by atoms with Crippen molar-refractivity contribution in [2.75, 3.05) is 0 Å². The predicted octanol–water partition coefficient (Wildman–Crippen LogP) is 5.82. The maximum absolute atomic E-state index is 12.2. The smallest absolute Gasteiger partial charge is 0.155 e. The van der Waals surface area contributed by atoms with E-state index in [0.29, 0.717) is 6.42 Å². The monoisotopic (exact) mass is 311 g/mol. The third-order valence-electron chi connectivity index (χ3n) is 4.70. The molecule has 0 aliphatic heterocycles. The van der Waals surface area contributed by atoms with E-state index in [4.69, 9.17) is 0 Å². The number of hydrogen-bond acceptors (Lipinski definition) is 1. The van der Waals surface area contributed by atoms with Gasteiger partial charge in [0.15, 0.2) is 5.78 Å². The average Bonchev–Trinajstić information content (AvgIpc) is 2.79. The average molecular weight is 311 g/mol. The van der Waals surface area contributed by atoms with Gasteiger partial charge in [-0.25, -0.2) is 0 Å². The Bertz CT molecular complexity index is 706. The van der Waals surface area contributed by atoms with Crippen LogP contribution in [0.15, 0.2) is 30.3 Å². The standard InChI is InChI=1S/C21H29NO/c1-5-6-7-8-9-12-18(23)15-16(2)21-17(3)22(4)20-14-11-10-13-19(20)21/h10-11,13-15H,5-9,12H2,1-4H3/b16-15+. The van der Waals surface area contributed by atoms with Gasteiger partial charge in [0.25, 0.3) is 0 Å². The zero-order valence-corrected chi connectivity index (χ0v) is 15.0. The molecule has 1 heterocycles. The molecule has 0 aliphatic carbocycles. The van der Waals surface area contributed by atoms with Crippen LogP contribution in [0.4, 0.5) is 0 Å². The zero-order chi connectivity index (χ0) is 16.8. The number of nitrogens with zero attached hydrogens (tertiary/aromatic N) is 1. The van der Waals surface area contributed by atoms with Crippen LogP contribution in [0.1, 0.15) is 63.6 Å². The quantitative estimate of drug-likeness (QED) is 0.445. The highest BCUT2D eigenvalue weighted by atomic mass is 16.1. The van der Waals surface area contributed by atoms with Crippen LogP contribution in [0, 0.1) is 6.92 Å². The van der Waals surface area contributed by atoms with Crippen molar-refractivity contribution in [2.24, 2.45) is 7.05 Å². The molecular formula is C21H29NO. The number of benzene rings is 1. The highest BCUT2D eigenvalue weighted by Gasteiger charge is 2.13. The minimum Gasteiger partial charge on any atom is -0.347 e. The normalized spacial score (nSPS) is 12.1. The molecule has 0 spiro atoms. The van der Waals surface area contributed by atoms with E-state index in [-0.39, 0.29) is 5.78 Å². The lowest BCUT2D eigenvalue weighted by Gasteiger charge is -2.04. The van der Waals surface area contributed by atoms with Crippen molar-refractivity contribution in [2.45, 2.75) is 59.3 Å². The van der Waals surface area contributed by atoms with Crippen LogP contribution in [-0.4, -0.2) is 10.4 Å². The van der Waals surface area contributed by atoms with Crippen molar-refractivity contribution in [3.05, 3.63) is 41.6 Å². The lowest BCUT2D eigenvalue weighted by Crippen LogP contribution is -1.96. The second-order valence-electron chi connectivity index (χ2n) is 6.49. The minimum absolute atomic E-state index is 0.256. The second-order valence-corrected chi connectivity index (χ2v) is 6.49. The summed E-state index contributed by atoms with van der Waals surface area (Å²) in [7, 11) is 2.09. The second kappa shape index (κ2) is 8.14. The molecule has 0 fully saturated rings. The van der Waals surface area contributed by atoms with E-state index in [1.165, 1.54) is 47.8 Å². The predicted molar refractivity (Wildman–Crippen MR) is 99.7 cm³/mol. The molecule has 0 amide bonds. The molecule has 1 aromatic heterocycles. The first-order valence-corrected chi connectivity index (χ1v) is 8.81. The Morgan fingerprint density at radius 1 is 1.13 bits per heavy atom. The topological polar surface area (TPSA) is 22.0 Å². The minimum atomic E-state index is 0.256. The van der Waals surface area contributed by atoms with Crippen LogP contribution >= 0.6 is 0 Å². The number of carbonyl (C=O) groups is 1. The molecule has 2 rings (SSSR count). The van der Waals surface area contributed by atoms with Crippen LogP contribution in [0.2, 0.25) is 0 Å². The number of unbranched alkanes of at least 4 members (excludes halogenated alkanes) is 4. The van der Waals surface area contributed by atoms with Crippen molar-refractivity contribution < 1.29 is 4.79 Å².